The van der Waals surface area contributed by atoms with Gasteiger partial charge in [0.25, 0.3) is 0 Å². The first-order valence-electron chi connectivity index (χ1n) is 17.8. The van der Waals surface area contributed by atoms with Gasteiger partial charge in [0, 0.05) is 12.5 Å². The van der Waals surface area contributed by atoms with E-state index in [1.807, 2.05) is 0 Å². The fourth-order valence-electron chi connectivity index (χ4n) is 9.05. The molecule has 4 nitrogen and oxygen atoms in total. The van der Waals surface area contributed by atoms with Gasteiger partial charge in [-0.05, 0) is 114 Å². The highest BCUT2D eigenvalue weighted by Gasteiger charge is 2.38. The second kappa shape index (κ2) is 10.5. The number of nitrogens with zero attached hydrogens (tertiary/aromatic N) is 4. The molecule has 0 amide bonds. The maximum absolute atomic E-state index is 4.80. The molecule has 0 saturated carbocycles. The van der Waals surface area contributed by atoms with Crippen LogP contribution in [0.25, 0.3) is 88.0 Å². The van der Waals surface area contributed by atoms with Crippen LogP contribution in [0.5, 0.6) is 0 Å². The Balaban J connectivity index is 1.33. The Morgan fingerprint density at radius 3 is 1.94 bits per heavy atom. The minimum Gasteiger partial charge on any atom is -0.331 e. The summed E-state index contributed by atoms with van der Waals surface area (Å²) < 4.78 is 6.55. The lowest BCUT2D eigenvalue weighted by Crippen LogP contribution is -2.35. The predicted molar refractivity (Wildman–Crippen MR) is 212 cm³/mol. The topological polar surface area (TPSA) is 26.6 Å². The van der Waals surface area contributed by atoms with Crippen LogP contribution in [-0.2, 0) is 26.6 Å². The van der Waals surface area contributed by atoms with Gasteiger partial charge in [0.1, 0.15) is 11.3 Å². The van der Waals surface area contributed by atoms with Crippen molar-refractivity contribution in [1.29, 1.82) is 0 Å². The molecule has 51 heavy (non-hydrogen) atoms. The molecule has 7 aromatic carbocycles. The van der Waals surface area contributed by atoms with Gasteiger partial charge in [0.15, 0.2) is 7.05 Å². The Kier molecular flexibility index (Phi) is 6.15. The minimum atomic E-state index is -0.151. The van der Waals surface area contributed by atoms with Gasteiger partial charge in [-0.1, -0.05) is 105 Å². The second-order valence-corrected chi connectivity index (χ2v) is 14.9. The molecule has 0 aliphatic heterocycles. The summed E-state index contributed by atoms with van der Waals surface area (Å²) in [6, 6.07) is 45.7. The molecule has 9 aromatic rings. The molecule has 10 rings (SSSR count). The normalized spacial score (nSPS) is 13.5. The van der Waals surface area contributed by atoms with Gasteiger partial charge in [-0.3, -0.25) is 0 Å². The standard InChI is InChI=1S/C47H39N4/c1-28-48-42-23-22-30(25-44(42)50(28)5)33-14-10-16-36-40(33)26-39-32(29-20-21-31-27-49(4)51(6)43(31)24-29)13-9-15-35(39)45(36)38-18-11-17-37-34-12-7-8-19-41(34)47(2,3)46(37)38/h7-27H,1-6H3/q+1. The van der Waals surface area contributed by atoms with Crippen molar-refractivity contribution in [3.05, 3.63) is 144 Å². The summed E-state index contributed by atoms with van der Waals surface area (Å²) >= 11 is 0. The number of fused-ring (bicyclic) bond motifs is 7. The molecule has 0 fully saturated rings. The van der Waals surface area contributed by atoms with Gasteiger partial charge >= 0.3 is 0 Å². The van der Waals surface area contributed by atoms with E-state index in [4.69, 9.17) is 4.98 Å². The van der Waals surface area contributed by atoms with Gasteiger partial charge in [-0.15, -0.1) is 4.68 Å². The third-order valence-electron chi connectivity index (χ3n) is 11.8. The molecule has 0 radical (unpaired) electrons. The van der Waals surface area contributed by atoms with E-state index in [9.17, 15) is 0 Å². The molecule has 0 saturated heterocycles. The number of hydrogen-bond acceptors (Lipinski definition) is 1. The predicted octanol–water partition coefficient (Wildman–Crippen LogP) is 10.8. The summed E-state index contributed by atoms with van der Waals surface area (Å²) in [5, 5.41) is 6.28. The summed E-state index contributed by atoms with van der Waals surface area (Å²) in [6.45, 7) is 6.86. The van der Waals surface area contributed by atoms with Crippen molar-refractivity contribution in [2.75, 3.05) is 0 Å². The third-order valence-corrected chi connectivity index (χ3v) is 11.8. The summed E-state index contributed by atoms with van der Waals surface area (Å²) in [5.74, 6) is 1.02. The maximum Gasteiger partial charge on any atom is 0.203 e. The molecular formula is C47H39N4+. The quantitative estimate of drug-likeness (QED) is 0.137. The van der Waals surface area contributed by atoms with E-state index in [1.54, 1.807) is 0 Å². The highest BCUT2D eigenvalue weighted by atomic mass is 15.4. The Hall–Kier alpha value is -6.00. The van der Waals surface area contributed by atoms with E-state index in [1.165, 1.54) is 88.1 Å². The number of aromatic nitrogens is 4. The lowest BCUT2D eigenvalue weighted by molar-refractivity contribution is -0.748. The lowest BCUT2D eigenvalue weighted by atomic mass is 9.77. The van der Waals surface area contributed by atoms with Crippen LogP contribution in [0.4, 0.5) is 0 Å². The summed E-state index contributed by atoms with van der Waals surface area (Å²) in [5.41, 5.74) is 16.2. The van der Waals surface area contributed by atoms with E-state index in [2.05, 4.69) is 183 Å². The first-order chi connectivity index (χ1) is 24.7. The van der Waals surface area contributed by atoms with Crippen molar-refractivity contribution in [2.45, 2.75) is 26.2 Å². The molecule has 4 heteroatoms. The van der Waals surface area contributed by atoms with Crippen molar-refractivity contribution in [1.82, 2.24) is 14.2 Å². The maximum atomic E-state index is 4.80. The van der Waals surface area contributed by atoms with Crippen LogP contribution < -0.4 is 4.68 Å². The Labute approximate surface area is 297 Å². The molecule has 0 bridgehead atoms. The number of aryl methyl sites for hydroxylation is 4. The molecule has 0 spiro atoms. The van der Waals surface area contributed by atoms with Crippen LogP contribution >= 0.6 is 0 Å². The second-order valence-electron chi connectivity index (χ2n) is 14.9. The SMILES string of the molecule is Cc1nc2ccc(-c3cccc4c(-c5cccc6c5C(C)(C)c5ccccc5-6)c5cccc(-c6ccc7c[n+](C)n(C)c7c6)c5cc34)cc2n1C. The molecule has 246 valence electrons. The lowest BCUT2D eigenvalue weighted by Gasteiger charge is -2.26. The molecule has 0 atom stereocenters. The van der Waals surface area contributed by atoms with Crippen LogP contribution in [0.1, 0.15) is 30.8 Å². The van der Waals surface area contributed by atoms with Crippen LogP contribution in [0.3, 0.4) is 0 Å². The van der Waals surface area contributed by atoms with E-state index in [-0.39, 0.29) is 5.41 Å². The number of rotatable bonds is 3. The molecule has 0 unspecified atom stereocenters. The Morgan fingerprint density at radius 2 is 1.20 bits per heavy atom. The monoisotopic (exact) mass is 659 g/mol. The summed E-state index contributed by atoms with van der Waals surface area (Å²) in [7, 11) is 6.33. The van der Waals surface area contributed by atoms with Gasteiger partial charge < -0.3 is 4.57 Å². The molecular weight excluding hydrogens is 621 g/mol. The van der Waals surface area contributed by atoms with Gasteiger partial charge in [0.2, 0.25) is 6.20 Å². The van der Waals surface area contributed by atoms with Crippen LogP contribution in [0.15, 0.2) is 128 Å². The zero-order chi connectivity index (χ0) is 34.8. The highest BCUT2D eigenvalue weighted by molar-refractivity contribution is 6.20. The van der Waals surface area contributed by atoms with Gasteiger partial charge in [0.05, 0.1) is 23.5 Å². The largest absolute Gasteiger partial charge is 0.331 e. The summed E-state index contributed by atoms with van der Waals surface area (Å²) in [6.07, 6.45) is 2.19. The highest BCUT2D eigenvalue weighted by Crippen LogP contribution is 2.54. The number of imidazole rings is 1. The minimum absolute atomic E-state index is 0.151. The zero-order valence-corrected chi connectivity index (χ0v) is 29.9. The van der Waals surface area contributed by atoms with Crippen molar-refractivity contribution >= 4 is 43.5 Å². The Morgan fingerprint density at radius 1 is 0.588 bits per heavy atom. The van der Waals surface area contributed by atoms with Gasteiger partial charge in [-0.2, -0.15) is 4.68 Å². The van der Waals surface area contributed by atoms with E-state index >= 15 is 0 Å². The average molecular weight is 660 g/mol. The number of hydrogen-bond donors (Lipinski definition) is 0. The molecule has 1 aliphatic rings. The van der Waals surface area contributed by atoms with Crippen molar-refractivity contribution < 1.29 is 4.68 Å². The molecule has 2 heterocycles. The zero-order valence-electron chi connectivity index (χ0n) is 29.9. The smallest absolute Gasteiger partial charge is 0.203 e. The molecule has 1 aliphatic carbocycles. The van der Waals surface area contributed by atoms with Crippen LogP contribution in [0.2, 0.25) is 0 Å². The van der Waals surface area contributed by atoms with E-state index in [0.717, 1.165) is 16.9 Å². The average Bonchev–Trinajstić information content (AvgIpc) is 3.70. The van der Waals surface area contributed by atoms with Crippen LogP contribution in [-0.4, -0.2) is 14.2 Å². The Bertz CT molecular complexity index is 2790. The van der Waals surface area contributed by atoms with Crippen molar-refractivity contribution in [3.8, 4) is 44.5 Å². The van der Waals surface area contributed by atoms with Crippen molar-refractivity contribution in [2.24, 2.45) is 21.1 Å². The number of benzene rings is 7. The molecule has 2 aromatic heterocycles. The summed E-state index contributed by atoms with van der Waals surface area (Å²) in [4.78, 5) is 4.80. The van der Waals surface area contributed by atoms with E-state index < -0.39 is 0 Å². The van der Waals surface area contributed by atoms with Crippen LogP contribution in [0, 0.1) is 6.92 Å². The fourth-order valence-corrected chi connectivity index (χ4v) is 9.05. The van der Waals surface area contributed by atoms with Crippen molar-refractivity contribution in [3.63, 3.8) is 0 Å². The first-order valence-corrected chi connectivity index (χ1v) is 17.8. The molecule has 0 N–H and O–H groups in total. The first kappa shape index (κ1) is 29.9. The fraction of sp³-hybridized carbons (Fsp3) is 0.149. The van der Waals surface area contributed by atoms with E-state index in [0.29, 0.717) is 0 Å². The van der Waals surface area contributed by atoms with Gasteiger partial charge in [-0.25, -0.2) is 4.98 Å². The third kappa shape index (κ3) is 4.14.